The predicted octanol–water partition coefficient (Wildman–Crippen LogP) is 5.06. The minimum absolute atomic E-state index is 0.0709. The fourth-order valence-electron chi connectivity index (χ4n) is 5.38. The van der Waals surface area contributed by atoms with Crippen LogP contribution in [-0.2, 0) is 4.74 Å². The monoisotopic (exact) mass is 482 g/mol. The molecule has 1 atom stereocenters. The fraction of sp³-hybridized carbons (Fsp3) is 0.357. The molecule has 2 bridgehead atoms. The Bertz CT molecular complexity index is 1370. The Balaban J connectivity index is 1.30. The third kappa shape index (κ3) is 4.22. The summed E-state index contributed by atoms with van der Waals surface area (Å²) in [4.78, 5) is 31.5. The lowest BCUT2D eigenvalue weighted by Gasteiger charge is -2.35. The summed E-state index contributed by atoms with van der Waals surface area (Å²) in [6.45, 7) is 8.46. The van der Waals surface area contributed by atoms with E-state index in [1.54, 1.807) is 12.4 Å². The highest BCUT2D eigenvalue weighted by molar-refractivity contribution is 6.04. The largest absolute Gasteiger partial charge is 0.371 e. The first-order valence-electron chi connectivity index (χ1n) is 12.4. The summed E-state index contributed by atoms with van der Waals surface area (Å²) in [5.74, 6) is 1.23. The van der Waals surface area contributed by atoms with Gasteiger partial charge in [-0.2, -0.15) is 0 Å². The summed E-state index contributed by atoms with van der Waals surface area (Å²) in [5.41, 5.74) is 5.78. The lowest BCUT2D eigenvalue weighted by molar-refractivity contribution is -0.00298. The number of aryl methyl sites for hydroxylation is 1. The number of aromatic nitrogens is 3. The molecule has 8 heteroatoms. The second-order valence-electron chi connectivity index (χ2n) is 10.3. The molecule has 3 aromatic heterocycles. The summed E-state index contributed by atoms with van der Waals surface area (Å²) in [7, 11) is 0. The van der Waals surface area contributed by atoms with E-state index in [1.165, 1.54) is 5.57 Å². The van der Waals surface area contributed by atoms with E-state index in [9.17, 15) is 4.79 Å². The Kier molecular flexibility index (Phi) is 5.48. The van der Waals surface area contributed by atoms with Crippen molar-refractivity contribution in [1.29, 1.82) is 0 Å². The first-order valence-corrected chi connectivity index (χ1v) is 12.4. The van der Waals surface area contributed by atoms with Gasteiger partial charge in [-0.15, -0.1) is 0 Å². The van der Waals surface area contributed by atoms with E-state index in [0.29, 0.717) is 18.2 Å². The second-order valence-corrected chi connectivity index (χ2v) is 10.3. The van der Waals surface area contributed by atoms with E-state index in [4.69, 9.17) is 9.72 Å². The van der Waals surface area contributed by atoms with Gasteiger partial charge in [0, 0.05) is 43.2 Å². The number of pyridine rings is 3. The van der Waals surface area contributed by atoms with Crippen LogP contribution in [0.1, 0.15) is 37.9 Å². The van der Waals surface area contributed by atoms with E-state index in [-0.39, 0.29) is 17.7 Å². The number of hydrogen-bond acceptors (Lipinski definition) is 6. The van der Waals surface area contributed by atoms with Crippen molar-refractivity contribution < 1.29 is 9.53 Å². The van der Waals surface area contributed by atoms with Crippen molar-refractivity contribution in [1.82, 2.24) is 15.0 Å². The first kappa shape index (κ1) is 22.7. The molecular weight excluding hydrogens is 452 g/mol. The second kappa shape index (κ2) is 8.71. The summed E-state index contributed by atoms with van der Waals surface area (Å²) >= 11 is 0. The van der Waals surface area contributed by atoms with Gasteiger partial charge in [-0.05, 0) is 74.7 Å². The van der Waals surface area contributed by atoms with Crippen molar-refractivity contribution in [3.8, 4) is 11.3 Å². The third-order valence-corrected chi connectivity index (χ3v) is 7.15. The number of nitrogens with one attached hydrogen (secondary N) is 1. The summed E-state index contributed by atoms with van der Waals surface area (Å²) in [6.07, 6.45) is 7.35. The van der Waals surface area contributed by atoms with Gasteiger partial charge in [0.25, 0.3) is 0 Å². The van der Waals surface area contributed by atoms with Gasteiger partial charge in [0.15, 0.2) is 5.82 Å². The van der Waals surface area contributed by atoms with Crippen LogP contribution < -0.4 is 15.1 Å². The smallest absolute Gasteiger partial charge is 0.329 e. The maximum Gasteiger partial charge on any atom is 0.329 e. The van der Waals surface area contributed by atoms with Crippen molar-refractivity contribution >= 4 is 28.9 Å². The highest BCUT2D eigenvalue weighted by Gasteiger charge is 2.40. The van der Waals surface area contributed by atoms with Crippen molar-refractivity contribution in [3.05, 3.63) is 66.1 Å². The zero-order valence-electron chi connectivity index (χ0n) is 20.9. The first-order chi connectivity index (χ1) is 17.4. The molecule has 184 valence electrons. The van der Waals surface area contributed by atoms with Crippen LogP contribution in [-0.4, -0.2) is 52.3 Å². The number of fused-ring (bicyclic) bond motifs is 4. The van der Waals surface area contributed by atoms with E-state index >= 15 is 0 Å². The van der Waals surface area contributed by atoms with Crippen LogP contribution in [0.2, 0.25) is 0 Å². The molecule has 3 aliphatic rings. The average molecular weight is 483 g/mol. The number of anilines is 3. The Hall–Kier alpha value is -3.78. The molecule has 1 saturated heterocycles. The molecular formula is C28H30N6O2. The van der Waals surface area contributed by atoms with Crippen molar-refractivity contribution in [2.45, 2.75) is 45.3 Å². The van der Waals surface area contributed by atoms with Crippen LogP contribution in [0.5, 0.6) is 0 Å². The number of carbonyl (C=O) groups is 1. The highest BCUT2D eigenvalue weighted by atomic mass is 16.5. The van der Waals surface area contributed by atoms with Crippen LogP contribution in [0.25, 0.3) is 16.8 Å². The van der Waals surface area contributed by atoms with E-state index in [1.807, 2.05) is 42.2 Å². The molecule has 6 heterocycles. The molecule has 0 aromatic carbocycles. The van der Waals surface area contributed by atoms with Crippen molar-refractivity contribution in [3.63, 3.8) is 0 Å². The quantitative estimate of drug-likeness (QED) is 0.562. The number of amides is 2. The minimum atomic E-state index is -0.209. The number of urea groups is 1. The Morgan fingerprint density at radius 3 is 2.78 bits per heavy atom. The van der Waals surface area contributed by atoms with Gasteiger partial charge in [-0.3, -0.25) is 15.2 Å². The SMILES string of the molecule is Cc1cc(-c2ccc3c(n2)N(C(=O)Nc2cc(C4=CCOC(C)(C)C4)ccn2)[C@H]2CCN3C2)ccn1. The van der Waals surface area contributed by atoms with E-state index in [2.05, 4.69) is 46.2 Å². The van der Waals surface area contributed by atoms with Crippen LogP contribution >= 0.6 is 0 Å². The molecule has 0 unspecified atom stereocenters. The summed E-state index contributed by atoms with van der Waals surface area (Å²) < 4.78 is 5.82. The zero-order valence-corrected chi connectivity index (χ0v) is 20.9. The number of nitrogens with zero attached hydrogens (tertiary/aromatic N) is 5. The molecule has 8 nitrogen and oxygen atoms in total. The summed E-state index contributed by atoms with van der Waals surface area (Å²) in [5, 5.41) is 3.05. The maximum absolute atomic E-state index is 13.7. The van der Waals surface area contributed by atoms with E-state index in [0.717, 1.165) is 54.1 Å². The number of rotatable bonds is 3. The van der Waals surface area contributed by atoms with Gasteiger partial charge in [0.2, 0.25) is 0 Å². The number of hydrogen-bond donors (Lipinski definition) is 1. The molecule has 0 aliphatic carbocycles. The Labute approximate surface area is 211 Å². The van der Waals surface area contributed by atoms with Crippen LogP contribution in [0.3, 0.4) is 0 Å². The number of ether oxygens (including phenoxy) is 1. The van der Waals surface area contributed by atoms with Crippen molar-refractivity contribution in [2.24, 2.45) is 0 Å². The highest BCUT2D eigenvalue weighted by Crippen LogP contribution is 2.40. The molecule has 0 saturated carbocycles. The molecule has 36 heavy (non-hydrogen) atoms. The lowest BCUT2D eigenvalue weighted by Crippen LogP contribution is -2.48. The van der Waals surface area contributed by atoms with Crippen LogP contribution in [0.4, 0.5) is 22.1 Å². The van der Waals surface area contributed by atoms with Gasteiger partial charge >= 0.3 is 6.03 Å². The Morgan fingerprint density at radius 1 is 1.11 bits per heavy atom. The Morgan fingerprint density at radius 2 is 1.94 bits per heavy atom. The fourth-order valence-corrected chi connectivity index (χ4v) is 5.38. The lowest BCUT2D eigenvalue weighted by atomic mass is 9.91. The topological polar surface area (TPSA) is 83.5 Å². The molecule has 6 rings (SSSR count). The summed E-state index contributed by atoms with van der Waals surface area (Å²) in [6, 6.07) is 11.9. The average Bonchev–Trinajstić information content (AvgIpc) is 3.27. The number of carbonyl (C=O) groups excluding carboxylic acids is 1. The van der Waals surface area contributed by atoms with Crippen LogP contribution in [0.15, 0.2) is 54.9 Å². The van der Waals surface area contributed by atoms with Gasteiger partial charge in [0.05, 0.1) is 29.6 Å². The molecule has 0 spiro atoms. The standard InChI is InChI=1S/C28H30N6O2/c1-18-14-20(7-10-29-18)23-4-5-24-26(31-23)34(22-8-12-33(24)17-22)27(35)32-25-15-19(6-11-30-25)21-9-13-36-28(2,3)16-21/h4-7,9-11,14-15,22H,8,12-13,16-17H2,1-3H3,(H,30,32,35)/t22-/m0/s1. The van der Waals surface area contributed by atoms with Gasteiger partial charge in [-0.25, -0.2) is 14.8 Å². The van der Waals surface area contributed by atoms with Gasteiger partial charge in [0.1, 0.15) is 5.82 Å². The molecule has 3 aliphatic heterocycles. The molecule has 0 radical (unpaired) electrons. The molecule has 1 fully saturated rings. The minimum Gasteiger partial charge on any atom is -0.371 e. The molecule has 2 amide bonds. The molecule has 1 N–H and O–H groups in total. The normalized spacial score (nSPS) is 20.1. The molecule has 3 aromatic rings. The third-order valence-electron chi connectivity index (χ3n) is 7.15. The zero-order chi connectivity index (χ0) is 24.9. The maximum atomic E-state index is 13.7. The van der Waals surface area contributed by atoms with Crippen molar-refractivity contribution in [2.75, 3.05) is 34.8 Å². The van der Waals surface area contributed by atoms with E-state index < -0.39 is 0 Å². The van der Waals surface area contributed by atoms with Gasteiger partial charge < -0.3 is 9.64 Å². The van der Waals surface area contributed by atoms with Crippen LogP contribution in [0, 0.1) is 6.92 Å². The predicted molar refractivity (Wildman–Crippen MR) is 141 cm³/mol. The van der Waals surface area contributed by atoms with Gasteiger partial charge in [-0.1, -0.05) is 6.08 Å².